The Bertz CT molecular complexity index is 899. The second-order valence-corrected chi connectivity index (χ2v) is 8.45. The van der Waals surface area contributed by atoms with E-state index < -0.39 is 5.97 Å². The van der Waals surface area contributed by atoms with Crippen LogP contribution in [0.5, 0.6) is 0 Å². The van der Waals surface area contributed by atoms with Gasteiger partial charge in [0, 0.05) is 49.7 Å². The van der Waals surface area contributed by atoms with Crippen molar-refractivity contribution < 1.29 is 19.5 Å². The van der Waals surface area contributed by atoms with Gasteiger partial charge in [0.25, 0.3) is 0 Å². The van der Waals surface area contributed by atoms with Crippen LogP contribution in [0.3, 0.4) is 0 Å². The van der Waals surface area contributed by atoms with Gasteiger partial charge in [-0.05, 0) is 23.8 Å². The van der Waals surface area contributed by atoms with Gasteiger partial charge in [-0.1, -0.05) is 36.4 Å². The Morgan fingerprint density at radius 2 is 1.68 bits per heavy atom. The predicted octanol–water partition coefficient (Wildman–Crippen LogP) is 2.93. The molecule has 2 N–H and O–H groups in total. The number of rotatable bonds is 9. The molecule has 0 aromatic heterocycles. The van der Waals surface area contributed by atoms with Crippen LogP contribution in [0.15, 0.2) is 59.5 Å². The minimum Gasteiger partial charge on any atom is -0.481 e. The van der Waals surface area contributed by atoms with E-state index in [1.165, 1.54) is 17.3 Å². The van der Waals surface area contributed by atoms with Gasteiger partial charge in [0.15, 0.2) is 0 Å². The molecule has 1 saturated heterocycles. The number of hydrogen-bond acceptors (Lipinski definition) is 5. The summed E-state index contributed by atoms with van der Waals surface area (Å²) in [6, 6.07) is 17.6. The summed E-state index contributed by atoms with van der Waals surface area (Å²) in [4.78, 5) is 40.1. The van der Waals surface area contributed by atoms with Gasteiger partial charge in [-0.3, -0.25) is 19.3 Å². The molecule has 2 aromatic carbocycles. The first-order chi connectivity index (χ1) is 15.0. The van der Waals surface area contributed by atoms with Gasteiger partial charge in [-0.15, -0.1) is 11.8 Å². The van der Waals surface area contributed by atoms with E-state index >= 15 is 0 Å². The standard InChI is InChI=1S/C23H27N3O4S/c27-21(9-10-23(29)30)24-19-7-4-8-20(15-19)31-17-22(28)26-13-11-25(12-14-26)16-18-5-2-1-3-6-18/h1-8,15H,9-14,16-17H2,(H,24,27)(H,29,30). The Labute approximate surface area is 186 Å². The van der Waals surface area contributed by atoms with E-state index in [1.807, 2.05) is 35.2 Å². The van der Waals surface area contributed by atoms with Crippen molar-refractivity contribution in [3.05, 3.63) is 60.2 Å². The summed E-state index contributed by atoms with van der Waals surface area (Å²) >= 11 is 1.43. The summed E-state index contributed by atoms with van der Waals surface area (Å²) < 4.78 is 0. The second-order valence-electron chi connectivity index (χ2n) is 7.40. The zero-order valence-corrected chi connectivity index (χ0v) is 18.1. The van der Waals surface area contributed by atoms with E-state index in [9.17, 15) is 14.4 Å². The number of carbonyl (C=O) groups is 3. The minimum atomic E-state index is -1.00. The van der Waals surface area contributed by atoms with Gasteiger partial charge in [-0.2, -0.15) is 0 Å². The molecule has 1 fully saturated rings. The molecule has 0 radical (unpaired) electrons. The monoisotopic (exact) mass is 441 g/mol. The first-order valence-electron chi connectivity index (χ1n) is 10.3. The van der Waals surface area contributed by atoms with Crippen LogP contribution in [0.2, 0.25) is 0 Å². The lowest BCUT2D eigenvalue weighted by atomic mass is 10.2. The van der Waals surface area contributed by atoms with E-state index in [0.29, 0.717) is 11.4 Å². The van der Waals surface area contributed by atoms with Gasteiger partial charge >= 0.3 is 5.97 Å². The van der Waals surface area contributed by atoms with Crippen LogP contribution in [0.25, 0.3) is 0 Å². The average Bonchev–Trinajstić information content (AvgIpc) is 2.77. The highest BCUT2D eigenvalue weighted by Crippen LogP contribution is 2.22. The number of amides is 2. The van der Waals surface area contributed by atoms with Crippen LogP contribution >= 0.6 is 11.8 Å². The molecule has 0 spiro atoms. The Kier molecular flexibility index (Phi) is 8.49. The average molecular weight is 442 g/mol. The van der Waals surface area contributed by atoms with E-state index in [-0.39, 0.29) is 24.7 Å². The first-order valence-corrected chi connectivity index (χ1v) is 11.3. The molecule has 0 atom stereocenters. The summed E-state index contributed by atoms with van der Waals surface area (Å²) in [5.74, 6) is -0.886. The van der Waals surface area contributed by atoms with Crippen LogP contribution in [-0.2, 0) is 20.9 Å². The van der Waals surface area contributed by atoms with E-state index in [4.69, 9.17) is 5.11 Å². The van der Waals surface area contributed by atoms with Crippen LogP contribution in [0.4, 0.5) is 5.69 Å². The zero-order chi connectivity index (χ0) is 22.1. The lowest BCUT2D eigenvalue weighted by molar-refractivity contribution is -0.138. The lowest BCUT2D eigenvalue weighted by Gasteiger charge is -2.34. The molecule has 1 aliphatic heterocycles. The summed E-state index contributed by atoms with van der Waals surface area (Å²) in [6.45, 7) is 4.09. The van der Waals surface area contributed by atoms with Crippen molar-refractivity contribution in [3.63, 3.8) is 0 Å². The highest BCUT2D eigenvalue weighted by Gasteiger charge is 2.21. The molecule has 0 unspecified atom stereocenters. The summed E-state index contributed by atoms with van der Waals surface area (Å²) in [7, 11) is 0. The minimum absolute atomic E-state index is 0.0680. The fraction of sp³-hybridized carbons (Fsp3) is 0.348. The number of hydrogen-bond donors (Lipinski definition) is 2. The number of nitrogens with one attached hydrogen (secondary N) is 1. The quantitative estimate of drug-likeness (QED) is 0.582. The molecular formula is C23H27N3O4S. The highest BCUT2D eigenvalue weighted by atomic mass is 32.2. The van der Waals surface area contributed by atoms with Crippen LogP contribution in [0, 0.1) is 0 Å². The molecular weight excluding hydrogens is 414 g/mol. The van der Waals surface area contributed by atoms with Crippen LogP contribution < -0.4 is 5.32 Å². The first kappa shape index (κ1) is 22.8. The molecule has 3 rings (SSSR count). The van der Waals surface area contributed by atoms with E-state index in [0.717, 1.165) is 37.6 Å². The molecule has 1 aliphatic rings. The Morgan fingerprint density at radius 3 is 2.39 bits per heavy atom. The topological polar surface area (TPSA) is 89.9 Å². The van der Waals surface area contributed by atoms with Crippen molar-refractivity contribution in [2.45, 2.75) is 24.3 Å². The number of benzene rings is 2. The van der Waals surface area contributed by atoms with Crippen LogP contribution in [-0.4, -0.2) is 64.6 Å². The van der Waals surface area contributed by atoms with Crippen molar-refractivity contribution in [3.8, 4) is 0 Å². The largest absolute Gasteiger partial charge is 0.481 e. The third-order valence-corrected chi connectivity index (χ3v) is 6.00. The Morgan fingerprint density at radius 1 is 0.935 bits per heavy atom. The number of piperazine rings is 1. The maximum absolute atomic E-state index is 12.6. The number of nitrogens with zero attached hydrogens (tertiary/aromatic N) is 2. The van der Waals surface area contributed by atoms with Crippen molar-refractivity contribution in [2.24, 2.45) is 0 Å². The van der Waals surface area contributed by atoms with Gasteiger partial charge in [0.1, 0.15) is 0 Å². The predicted molar refractivity (Wildman–Crippen MR) is 121 cm³/mol. The highest BCUT2D eigenvalue weighted by molar-refractivity contribution is 8.00. The zero-order valence-electron chi connectivity index (χ0n) is 17.3. The fourth-order valence-electron chi connectivity index (χ4n) is 3.34. The molecule has 8 heteroatoms. The SMILES string of the molecule is O=C(O)CCC(=O)Nc1cccc(SCC(=O)N2CCN(Cc3ccccc3)CC2)c1. The Hall–Kier alpha value is -2.84. The number of thioether (sulfide) groups is 1. The van der Waals surface area contributed by atoms with Crippen molar-refractivity contribution in [1.29, 1.82) is 0 Å². The van der Waals surface area contributed by atoms with Gasteiger partial charge in [0.2, 0.25) is 11.8 Å². The number of anilines is 1. The maximum atomic E-state index is 12.6. The molecule has 31 heavy (non-hydrogen) atoms. The Balaban J connectivity index is 1.41. The molecule has 2 amide bonds. The normalized spacial score (nSPS) is 14.3. The van der Waals surface area contributed by atoms with Crippen molar-refractivity contribution in [2.75, 3.05) is 37.2 Å². The van der Waals surface area contributed by atoms with E-state index in [1.54, 1.807) is 12.1 Å². The summed E-state index contributed by atoms with van der Waals surface area (Å²) in [5, 5.41) is 11.4. The molecule has 1 heterocycles. The van der Waals surface area contributed by atoms with Gasteiger partial charge in [-0.25, -0.2) is 0 Å². The molecule has 2 aromatic rings. The molecule has 0 aliphatic carbocycles. The maximum Gasteiger partial charge on any atom is 0.303 e. The molecule has 164 valence electrons. The summed E-state index contributed by atoms with van der Waals surface area (Å²) in [6.07, 6.45) is -0.269. The van der Waals surface area contributed by atoms with Crippen LogP contribution in [0.1, 0.15) is 18.4 Å². The van der Waals surface area contributed by atoms with Crippen molar-refractivity contribution in [1.82, 2.24) is 9.80 Å². The third kappa shape index (κ3) is 7.73. The van der Waals surface area contributed by atoms with E-state index in [2.05, 4.69) is 22.3 Å². The van der Waals surface area contributed by atoms with Crippen molar-refractivity contribution >= 4 is 35.2 Å². The number of carboxylic acids is 1. The number of carboxylic acid groups (broad SMARTS) is 1. The molecule has 7 nitrogen and oxygen atoms in total. The smallest absolute Gasteiger partial charge is 0.303 e. The third-order valence-electron chi connectivity index (χ3n) is 5.02. The number of aliphatic carboxylic acids is 1. The van der Waals surface area contributed by atoms with Gasteiger partial charge < -0.3 is 15.3 Å². The number of carbonyl (C=O) groups excluding carboxylic acids is 2. The van der Waals surface area contributed by atoms with Gasteiger partial charge in [0.05, 0.1) is 12.2 Å². The second kappa shape index (κ2) is 11.5. The summed E-state index contributed by atoms with van der Waals surface area (Å²) in [5.41, 5.74) is 1.88. The molecule has 0 saturated carbocycles. The fourth-order valence-corrected chi connectivity index (χ4v) is 4.20. The lowest BCUT2D eigenvalue weighted by Crippen LogP contribution is -2.48. The molecule has 0 bridgehead atoms.